The van der Waals surface area contributed by atoms with E-state index in [0.717, 1.165) is 12.3 Å². The summed E-state index contributed by atoms with van der Waals surface area (Å²) in [6.45, 7) is 3.44. The normalized spacial score (nSPS) is 11.7. The highest BCUT2D eigenvalue weighted by atomic mass is 32.2. The van der Waals surface area contributed by atoms with Crippen LogP contribution in [0.3, 0.4) is 0 Å². The van der Waals surface area contributed by atoms with Gasteiger partial charge in [0.1, 0.15) is 10.7 Å². The second-order valence-electron chi connectivity index (χ2n) is 4.00. The molecule has 102 valence electrons. The molecule has 2 rings (SSSR count). The fraction of sp³-hybridized carbons (Fsp3) is 0.273. The standard InChI is InChI=1S/C11H13N3O4S/c1-7-9(8(2)18-14-7)5-13-19(16,17)11-6-12-4-3-10(11)15/h3-4,6,13H,5H2,1-2H3,(H,12,15). The van der Waals surface area contributed by atoms with Gasteiger partial charge in [0.15, 0.2) is 0 Å². The van der Waals surface area contributed by atoms with Gasteiger partial charge in [-0.3, -0.25) is 4.79 Å². The molecule has 0 aliphatic rings. The molecular formula is C11H13N3O4S. The molecule has 8 heteroatoms. The van der Waals surface area contributed by atoms with Crippen molar-refractivity contribution in [2.75, 3.05) is 0 Å². The van der Waals surface area contributed by atoms with Gasteiger partial charge in [-0.1, -0.05) is 5.16 Å². The number of hydrogen-bond donors (Lipinski definition) is 2. The summed E-state index contributed by atoms with van der Waals surface area (Å²) in [7, 11) is -3.86. The molecule has 0 saturated heterocycles. The highest BCUT2D eigenvalue weighted by Crippen LogP contribution is 2.12. The second-order valence-corrected chi connectivity index (χ2v) is 5.74. The molecule has 2 aromatic heterocycles. The van der Waals surface area contributed by atoms with Crippen LogP contribution in [0.15, 0.2) is 32.7 Å². The molecular weight excluding hydrogens is 270 g/mol. The van der Waals surface area contributed by atoms with Crippen LogP contribution in [0.4, 0.5) is 0 Å². The highest BCUT2D eigenvalue weighted by molar-refractivity contribution is 7.89. The molecule has 0 amide bonds. The van der Waals surface area contributed by atoms with Crippen molar-refractivity contribution in [2.24, 2.45) is 0 Å². The molecule has 0 atom stereocenters. The van der Waals surface area contributed by atoms with Crippen molar-refractivity contribution >= 4 is 10.0 Å². The minimum Gasteiger partial charge on any atom is -0.366 e. The van der Waals surface area contributed by atoms with E-state index in [0.29, 0.717) is 17.0 Å². The predicted molar refractivity (Wildman–Crippen MR) is 67.1 cm³/mol. The second kappa shape index (κ2) is 4.98. The number of pyridine rings is 1. The highest BCUT2D eigenvalue weighted by Gasteiger charge is 2.19. The SMILES string of the molecule is Cc1noc(C)c1CNS(=O)(=O)c1c[nH]ccc1=O. The smallest absolute Gasteiger partial charge is 0.246 e. The number of aromatic nitrogens is 2. The fourth-order valence-corrected chi connectivity index (χ4v) is 2.66. The summed E-state index contributed by atoms with van der Waals surface area (Å²) in [6.07, 6.45) is 2.52. The van der Waals surface area contributed by atoms with Crippen molar-refractivity contribution in [3.05, 3.63) is 45.7 Å². The van der Waals surface area contributed by atoms with Gasteiger partial charge >= 0.3 is 0 Å². The molecule has 0 aliphatic carbocycles. The summed E-state index contributed by atoms with van der Waals surface area (Å²) in [5.74, 6) is 0.544. The third kappa shape index (κ3) is 2.74. The van der Waals surface area contributed by atoms with Gasteiger partial charge < -0.3 is 9.51 Å². The molecule has 0 bridgehead atoms. The molecule has 7 nitrogen and oxygen atoms in total. The van der Waals surface area contributed by atoms with Crippen LogP contribution in [0.1, 0.15) is 17.0 Å². The number of nitrogens with one attached hydrogen (secondary N) is 2. The summed E-state index contributed by atoms with van der Waals surface area (Å²) in [6, 6.07) is 1.16. The van der Waals surface area contributed by atoms with E-state index < -0.39 is 15.5 Å². The Kier molecular flexibility index (Phi) is 3.54. The number of rotatable bonds is 4. The molecule has 0 unspecified atom stereocenters. The number of hydrogen-bond acceptors (Lipinski definition) is 5. The Morgan fingerprint density at radius 3 is 2.74 bits per heavy atom. The summed E-state index contributed by atoms with van der Waals surface area (Å²) in [5.41, 5.74) is 0.711. The van der Waals surface area contributed by atoms with E-state index in [1.54, 1.807) is 13.8 Å². The van der Waals surface area contributed by atoms with E-state index in [1.165, 1.54) is 6.20 Å². The van der Waals surface area contributed by atoms with E-state index in [-0.39, 0.29) is 11.4 Å². The monoisotopic (exact) mass is 283 g/mol. The molecule has 2 N–H and O–H groups in total. The van der Waals surface area contributed by atoms with Crippen molar-refractivity contribution in [1.29, 1.82) is 0 Å². The first-order valence-electron chi connectivity index (χ1n) is 5.50. The Hall–Kier alpha value is -1.93. The third-order valence-electron chi connectivity index (χ3n) is 2.70. The molecule has 0 aliphatic heterocycles. The van der Waals surface area contributed by atoms with Gasteiger partial charge in [-0.15, -0.1) is 0 Å². The van der Waals surface area contributed by atoms with Crippen LogP contribution < -0.4 is 10.2 Å². The van der Waals surface area contributed by atoms with E-state index in [4.69, 9.17) is 4.52 Å². The lowest BCUT2D eigenvalue weighted by molar-refractivity contribution is 0.392. The maximum Gasteiger partial charge on any atom is 0.246 e. The van der Waals surface area contributed by atoms with Gasteiger partial charge in [0, 0.05) is 30.6 Å². The Labute approximate surface area is 109 Å². The number of nitrogens with zero attached hydrogens (tertiary/aromatic N) is 1. The first kappa shape index (κ1) is 13.5. The van der Waals surface area contributed by atoms with Crippen molar-refractivity contribution in [3.8, 4) is 0 Å². The first-order valence-corrected chi connectivity index (χ1v) is 6.98. The lowest BCUT2D eigenvalue weighted by Crippen LogP contribution is -2.28. The average molecular weight is 283 g/mol. The Balaban J connectivity index is 2.25. The summed E-state index contributed by atoms with van der Waals surface area (Å²) < 4.78 is 31.3. The Morgan fingerprint density at radius 1 is 1.42 bits per heavy atom. The lowest BCUT2D eigenvalue weighted by atomic mass is 10.2. The van der Waals surface area contributed by atoms with Crippen LogP contribution in [0.25, 0.3) is 0 Å². The van der Waals surface area contributed by atoms with Crippen molar-refractivity contribution in [1.82, 2.24) is 14.9 Å². The molecule has 0 aromatic carbocycles. The van der Waals surface area contributed by atoms with Crippen molar-refractivity contribution < 1.29 is 12.9 Å². The third-order valence-corrected chi connectivity index (χ3v) is 4.12. The average Bonchev–Trinajstić information content (AvgIpc) is 2.67. The van der Waals surface area contributed by atoms with E-state index in [2.05, 4.69) is 14.9 Å². The zero-order valence-corrected chi connectivity index (χ0v) is 11.2. The van der Waals surface area contributed by atoms with Gasteiger partial charge in [0.25, 0.3) is 0 Å². The van der Waals surface area contributed by atoms with E-state index >= 15 is 0 Å². The minimum absolute atomic E-state index is 0.0256. The van der Waals surface area contributed by atoms with Crippen LogP contribution in [-0.4, -0.2) is 18.6 Å². The van der Waals surface area contributed by atoms with Crippen LogP contribution in [-0.2, 0) is 16.6 Å². The summed E-state index contributed by atoms with van der Waals surface area (Å²) >= 11 is 0. The first-order chi connectivity index (χ1) is 8.92. The molecule has 2 aromatic rings. The van der Waals surface area contributed by atoms with Crippen LogP contribution in [0.5, 0.6) is 0 Å². The van der Waals surface area contributed by atoms with E-state index in [1.807, 2.05) is 0 Å². The molecule has 0 spiro atoms. The molecule has 19 heavy (non-hydrogen) atoms. The molecule has 0 fully saturated rings. The zero-order chi connectivity index (χ0) is 14.0. The molecule has 2 heterocycles. The van der Waals surface area contributed by atoms with Crippen LogP contribution in [0, 0.1) is 13.8 Å². The predicted octanol–water partition coefficient (Wildman–Crippen LogP) is 0.458. The number of sulfonamides is 1. The number of aryl methyl sites for hydroxylation is 2. The largest absolute Gasteiger partial charge is 0.366 e. The quantitative estimate of drug-likeness (QED) is 0.848. The van der Waals surface area contributed by atoms with Gasteiger partial charge in [-0.25, -0.2) is 13.1 Å². The Morgan fingerprint density at radius 2 is 2.16 bits per heavy atom. The Bertz CT molecular complexity index is 726. The lowest BCUT2D eigenvalue weighted by Gasteiger charge is -2.05. The maximum atomic E-state index is 12.0. The van der Waals surface area contributed by atoms with Crippen molar-refractivity contribution in [2.45, 2.75) is 25.3 Å². The number of aromatic amines is 1. The molecule has 0 radical (unpaired) electrons. The minimum atomic E-state index is -3.86. The van der Waals surface area contributed by atoms with E-state index in [9.17, 15) is 13.2 Å². The van der Waals surface area contributed by atoms with Crippen LogP contribution in [0.2, 0.25) is 0 Å². The van der Waals surface area contributed by atoms with Gasteiger partial charge in [0.2, 0.25) is 15.5 Å². The number of H-pyrrole nitrogens is 1. The topological polar surface area (TPSA) is 105 Å². The van der Waals surface area contributed by atoms with Gasteiger partial charge in [-0.05, 0) is 13.8 Å². The van der Waals surface area contributed by atoms with Crippen LogP contribution >= 0.6 is 0 Å². The summed E-state index contributed by atoms with van der Waals surface area (Å²) in [5, 5.41) is 3.73. The fourth-order valence-electron chi connectivity index (χ4n) is 1.61. The van der Waals surface area contributed by atoms with Gasteiger partial charge in [0.05, 0.1) is 5.69 Å². The zero-order valence-electron chi connectivity index (χ0n) is 10.4. The maximum absolute atomic E-state index is 12.0. The summed E-state index contributed by atoms with van der Waals surface area (Å²) in [4.78, 5) is 13.7. The van der Waals surface area contributed by atoms with Crippen molar-refractivity contribution in [3.63, 3.8) is 0 Å². The van der Waals surface area contributed by atoms with Gasteiger partial charge in [-0.2, -0.15) is 0 Å². The molecule has 0 saturated carbocycles.